The molecule has 1 saturated carbocycles. The molecule has 1 aliphatic heterocycles. The third-order valence-corrected chi connectivity index (χ3v) is 5.32. The summed E-state index contributed by atoms with van der Waals surface area (Å²) in [5, 5.41) is 0.904. The third kappa shape index (κ3) is 2.68. The first-order valence-electron chi connectivity index (χ1n) is 8.05. The lowest BCUT2D eigenvalue weighted by Gasteiger charge is -2.33. The summed E-state index contributed by atoms with van der Waals surface area (Å²) in [6.07, 6.45) is 9.17. The van der Waals surface area contributed by atoms with Crippen LogP contribution < -0.4 is 10.6 Å². The molecule has 2 N–H and O–H groups in total. The van der Waals surface area contributed by atoms with Crippen molar-refractivity contribution in [2.45, 2.75) is 51.0 Å². The molecule has 110 valence electrons. The van der Waals surface area contributed by atoms with Crippen LogP contribution in [0.1, 0.15) is 44.1 Å². The lowest BCUT2D eigenvalue weighted by Crippen LogP contribution is -2.35. The highest BCUT2D eigenvalue weighted by Gasteiger charge is 2.34. The Morgan fingerprint density at radius 3 is 2.70 bits per heavy atom. The Bertz CT molecular complexity index is 454. The quantitative estimate of drug-likeness (QED) is 0.909. The number of nitrogens with two attached hydrogens (primary N) is 1. The van der Waals surface area contributed by atoms with Crippen molar-refractivity contribution in [2.24, 2.45) is 11.7 Å². The van der Waals surface area contributed by atoms with E-state index >= 15 is 0 Å². The lowest BCUT2D eigenvalue weighted by molar-refractivity contribution is 0.430. The van der Waals surface area contributed by atoms with Gasteiger partial charge in [-0.05, 0) is 56.2 Å². The first-order chi connectivity index (χ1) is 9.81. The number of hydrogen-bond acceptors (Lipinski definition) is 2. The van der Waals surface area contributed by atoms with Gasteiger partial charge in [0.25, 0.3) is 0 Å². The second-order valence-electron chi connectivity index (χ2n) is 6.23. The molecule has 2 nitrogen and oxygen atoms in total. The average molecular weight is 293 g/mol. The van der Waals surface area contributed by atoms with E-state index in [1.165, 1.54) is 49.8 Å². The summed E-state index contributed by atoms with van der Waals surface area (Å²) in [7, 11) is 0. The number of anilines is 1. The van der Waals surface area contributed by atoms with Crippen LogP contribution in [0.2, 0.25) is 5.02 Å². The number of para-hydroxylation sites is 1. The van der Waals surface area contributed by atoms with Crippen LogP contribution in [0.15, 0.2) is 18.2 Å². The van der Waals surface area contributed by atoms with Crippen LogP contribution in [0.4, 0.5) is 5.69 Å². The van der Waals surface area contributed by atoms with Crippen molar-refractivity contribution in [3.05, 3.63) is 28.8 Å². The Kier molecular flexibility index (Phi) is 4.52. The van der Waals surface area contributed by atoms with E-state index in [1.54, 1.807) is 0 Å². The van der Waals surface area contributed by atoms with E-state index in [0.29, 0.717) is 12.6 Å². The largest absolute Gasteiger partial charge is 0.367 e. The van der Waals surface area contributed by atoms with Crippen molar-refractivity contribution >= 4 is 17.3 Å². The summed E-state index contributed by atoms with van der Waals surface area (Å²) in [5.41, 5.74) is 8.37. The summed E-state index contributed by atoms with van der Waals surface area (Å²) in [5.74, 6) is 0.875. The minimum atomic E-state index is 0.690. The van der Waals surface area contributed by atoms with Crippen LogP contribution in [0.3, 0.4) is 0 Å². The van der Waals surface area contributed by atoms with Gasteiger partial charge in [0.15, 0.2) is 0 Å². The van der Waals surface area contributed by atoms with E-state index in [9.17, 15) is 0 Å². The normalized spacial score (nSPS) is 23.7. The molecule has 0 spiro atoms. The lowest BCUT2D eigenvalue weighted by atomic mass is 9.95. The zero-order valence-electron chi connectivity index (χ0n) is 12.2. The van der Waals surface area contributed by atoms with Gasteiger partial charge in [0, 0.05) is 12.6 Å². The molecule has 3 heteroatoms. The monoisotopic (exact) mass is 292 g/mol. The summed E-state index contributed by atoms with van der Waals surface area (Å²) in [6.45, 7) is 1.84. The summed E-state index contributed by atoms with van der Waals surface area (Å²) >= 11 is 6.53. The molecule has 1 unspecified atom stereocenters. The smallest absolute Gasteiger partial charge is 0.0642 e. The predicted octanol–water partition coefficient (Wildman–Crippen LogP) is 4.00. The van der Waals surface area contributed by atoms with Crippen LogP contribution in [-0.4, -0.2) is 19.1 Å². The van der Waals surface area contributed by atoms with Gasteiger partial charge >= 0.3 is 0 Å². The molecule has 1 aromatic carbocycles. The second kappa shape index (κ2) is 6.36. The van der Waals surface area contributed by atoms with Gasteiger partial charge in [-0.3, -0.25) is 0 Å². The van der Waals surface area contributed by atoms with E-state index in [0.717, 1.165) is 23.9 Å². The molecule has 1 heterocycles. The summed E-state index contributed by atoms with van der Waals surface area (Å²) < 4.78 is 0. The van der Waals surface area contributed by atoms with Gasteiger partial charge in [0.05, 0.1) is 10.7 Å². The summed E-state index contributed by atoms with van der Waals surface area (Å²) in [4.78, 5) is 2.60. The fraction of sp³-hybridized carbons (Fsp3) is 0.647. The first-order valence-corrected chi connectivity index (χ1v) is 8.43. The van der Waals surface area contributed by atoms with E-state index in [2.05, 4.69) is 17.0 Å². The molecule has 1 aliphatic carbocycles. The highest BCUT2D eigenvalue weighted by molar-refractivity contribution is 6.33. The van der Waals surface area contributed by atoms with Gasteiger partial charge in [-0.25, -0.2) is 0 Å². The van der Waals surface area contributed by atoms with Gasteiger partial charge in [0.1, 0.15) is 0 Å². The van der Waals surface area contributed by atoms with E-state index in [-0.39, 0.29) is 0 Å². The number of hydrogen-bond donors (Lipinski definition) is 1. The Balaban J connectivity index is 1.90. The highest BCUT2D eigenvalue weighted by atomic mass is 35.5. The third-order valence-electron chi connectivity index (χ3n) is 5.01. The van der Waals surface area contributed by atoms with Gasteiger partial charge in [-0.15, -0.1) is 0 Å². The minimum absolute atomic E-state index is 0.690. The van der Waals surface area contributed by atoms with E-state index in [1.807, 2.05) is 6.07 Å². The molecule has 1 atom stereocenters. The number of benzene rings is 1. The first kappa shape index (κ1) is 14.2. The zero-order valence-corrected chi connectivity index (χ0v) is 12.9. The SMILES string of the molecule is NCCc1cccc(Cl)c1N1CCCC1C1CCCC1. The summed E-state index contributed by atoms with van der Waals surface area (Å²) in [6, 6.07) is 6.98. The minimum Gasteiger partial charge on any atom is -0.367 e. The maximum Gasteiger partial charge on any atom is 0.0642 e. The molecule has 0 bridgehead atoms. The van der Waals surface area contributed by atoms with Gasteiger partial charge < -0.3 is 10.6 Å². The second-order valence-corrected chi connectivity index (χ2v) is 6.64. The van der Waals surface area contributed by atoms with E-state index in [4.69, 9.17) is 17.3 Å². The molecule has 0 aromatic heterocycles. The molecule has 20 heavy (non-hydrogen) atoms. The molecule has 2 aliphatic rings. The van der Waals surface area contributed by atoms with Crippen LogP contribution in [0, 0.1) is 5.92 Å². The molecule has 2 fully saturated rings. The highest BCUT2D eigenvalue weighted by Crippen LogP contribution is 2.41. The standard InChI is InChI=1S/C17H25ClN2/c18-15-8-3-7-14(10-11-19)17(15)20-12-4-9-16(20)13-5-1-2-6-13/h3,7-8,13,16H,1-2,4-6,9-12,19H2. The molecule has 0 amide bonds. The van der Waals surface area contributed by atoms with Crippen LogP contribution in [0.5, 0.6) is 0 Å². The molecule has 0 radical (unpaired) electrons. The van der Waals surface area contributed by atoms with Crippen molar-refractivity contribution in [3.8, 4) is 0 Å². The molecule has 1 aromatic rings. The zero-order chi connectivity index (χ0) is 13.9. The van der Waals surface area contributed by atoms with Crippen LogP contribution in [-0.2, 0) is 6.42 Å². The van der Waals surface area contributed by atoms with Gasteiger partial charge in [-0.2, -0.15) is 0 Å². The van der Waals surface area contributed by atoms with Crippen LogP contribution in [0.25, 0.3) is 0 Å². The fourth-order valence-corrected chi connectivity index (χ4v) is 4.44. The molecular weight excluding hydrogens is 268 g/mol. The average Bonchev–Trinajstić information content (AvgIpc) is 3.09. The Hall–Kier alpha value is -0.730. The Morgan fingerprint density at radius 1 is 1.15 bits per heavy atom. The van der Waals surface area contributed by atoms with Crippen molar-refractivity contribution in [1.82, 2.24) is 0 Å². The molecule has 1 saturated heterocycles. The molecular formula is C17H25ClN2. The topological polar surface area (TPSA) is 29.3 Å². The number of nitrogens with zero attached hydrogens (tertiary/aromatic N) is 1. The van der Waals surface area contributed by atoms with Crippen LogP contribution >= 0.6 is 11.6 Å². The number of halogens is 1. The van der Waals surface area contributed by atoms with Crippen molar-refractivity contribution < 1.29 is 0 Å². The maximum absolute atomic E-state index is 6.53. The Labute approximate surface area is 127 Å². The maximum atomic E-state index is 6.53. The van der Waals surface area contributed by atoms with Gasteiger partial charge in [0.2, 0.25) is 0 Å². The fourth-order valence-electron chi connectivity index (χ4n) is 4.14. The number of rotatable bonds is 4. The van der Waals surface area contributed by atoms with Crippen molar-refractivity contribution in [1.29, 1.82) is 0 Å². The predicted molar refractivity (Wildman–Crippen MR) is 86.5 cm³/mol. The van der Waals surface area contributed by atoms with Gasteiger partial charge in [-0.1, -0.05) is 36.6 Å². The van der Waals surface area contributed by atoms with Crippen molar-refractivity contribution in [2.75, 3.05) is 18.0 Å². The van der Waals surface area contributed by atoms with Crippen molar-refractivity contribution in [3.63, 3.8) is 0 Å². The molecule has 3 rings (SSSR count). The van der Waals surface area contributed by atoms with E-state index < -0.39 is 0 Å². The Morgan fingerprint density at radius 2 is 1.95 bits per heavy atom.